The molecule has 0 fully saturated rings. The number of hydrogen-bond donors (Lipinski definition) is 1. The first-order chi connectivity index (χ1) is 10.4. The Hall–Kier alpha value is -1.75. The first-order valence-corrected chi connectivity index (χ1v) is 7.80. The topological polar surface area (TPSA) is 34.1 Å². The van der Waals surface area contributed by atoms with Gasteiger partial charge in [0.2, 0.25) is 0 Å². The van der Waals surface area contributed by atoms with Crippen molar-refractivity contribution in [2.24, 2.45) is 0 Å². The summed E-state index contributed by atoms with van der Waals surface area (Å²) in [5.41, 5.74) is 2.31. The monoisotopic (exact) mass is 298 g/mol. The number of nitrogens with zero attached hydrogens (tertiary/aromatic N) is 1. The number of aromatic nitrogens is 1. The van der Waals surface area contributed by atoms with Crippen LogP contribution in [0.5, 0.6) is 0 Å². The van der Waals surface area contributed by atoms with E-state index in [-0.39, 0.29) is 6.04 Å². The van der Waals surface area contributed by atoms with Gasteiger partial charge in [-0.1, -0.05) is 42.5 Å². The number of fused-ring (bicyclic) bond motifs is 1. The Bertz CT molecular complexity index is 663. The molecule has 108 valence electrons. The number of rotatable bonds is 6. The molecule has 21 heavy (non-hydrogen) atoms. The van der Waals surface area contributed by atoms with Crippen molar-refractivity contribution in [2.45, 2.75) is 12.6 Å². The second-order valence-electron chi connectivity index (χ2n) is 4.87. The summed E-state index contributed by atoms with van der Waals surface area (Å²) < 4.78 is 6.56. The number of thiazole rings is 1. The van der Waals surface area contributed by atoms with Gasteiger partial charge in [-0.3, -0.25) is 0 Å². The fourth-order valence-corrected chi connectivity index (χ4v) is 3.25. The van der Waals surface area contributed by atoms with E-state index in [0.717, 1.165) is 17.1 Å². The highest BCUT2D eigenvalue weighted by Crippen LogP contribution is 2.22. The van der Waals surface area contributed by atoms with Crippen LogP contribution in [0.15, 0.2) is 54.6 Å². The van der Waals surface area contributed by atoms with Crippen molar-refractivity contribution in [3.63, 3.8) is 0 Å². The zero-order valence-electron chi connectivity index (χ0n) is 12.0. The van der Waals surface area contributed by atoms with Gasteiger partial charge < -0.3 is 10.1 Å². The van der Waals surface area contributed by atoms with Crippen molar-refractivity contribution in [1.29, 1.82) is 0 Å². The van der Waals surface area contributed by atoms with Gasteiger partial charge in [0.05, 0.1) is 22.9 Å². The Kier molecular flexibility index (Phi) is 4.60. The molecule has 0 amide bonds. The molecule has 3 rings (SSSR count). The van der Waals surface area contributed by atoms with Gasteiger partial charge in [-0.25, -0.2) is 4.98 Å². The Balaban J connectivity index is 1.71. The quantitative estimate of drug-likeness (QED) is 0.752. The minimum Gasteiger partial charge on any atom is -0.383 e. The smallest absolute Gasteiger partial charge is 0.108 e. The molecule has 0 aliphatic carbocycles. The van der Waals surface area contributed by atoms with Gasteiger partial charge in [-0.05, 0) is 17.7 Å². The van der Waals surface area contributed by atoms with Crippen LogP contribution in [0.3, 0.4) is 0 Å². The van der Waals surface area contributed by atoms with Crippen LogP contribution in [0.4, 0.5) is 0 Å². The molecule has 0 saturated carbocycles. The van der Waals surface area contributed by atoms with Crippen LogP contribution < -0.4 is 5.32 Å². The van der Waals surface area contributed by atoms with Gasteiger partial charge in [-0.2, -0.15) is 0 Å². The summed E-state index contributed by atoms with van der Waals surface area (Å²) in [6.45, 7) is 1.40. The zero-order valence-corrected chi connectivity index (χ0v) is 12.8. The summed E-state index contributed by atoms with van der Waals surface area (Å²) in [5, 5.41) is 4.64. The van der Waals surface area contributed by atoms with Crippen LogP contribution in [0.25, 0.3) is 10.2 Å². The standard InChI is InChI=1S/C17H18N2OS/c1-20-12-15(13-7-3-2-4-8-13)18-11-17-19-14-9-5-6-10-16(14)21-17/h2-10,15,18H,11-12H2,1H3. The summed E-state index contributed by atoms with van der Waals surface area (Å²) in [4.78, 5) is 4.65. The first-order valence-electron chi connectivity index (χ1n) is 6.98. The van der Waals surface area contributed by atoms with Gasteiger partial charge in [0.25, 0.3) is 0 Å². The lowest BCUT2D eigenvalue weighted by Gasteiger charge is -2.17. The van der Waals surface area contributed by atoms with Gasteiger partial charge in [-0.15, -0.1) is 11.3 Å². The van der Waals surface area contributed by atoms with Crippen molar-refractivity contribution in [3.8, 4) is 0 Å². The van der Waals surface area contributed by atoms with Crippen LogP contribution in [0.2, 0.25) is 0 Å². The third kappa shape index (κ3) is 3.47. The molecular formula is C17H18N2OS. The van der Waals surface area contributed by atoms with Crippen molar-refractivity contribution >= 4 is 21.6 Å². The Labute approximate surface area is 128 Å². The third-order valence-electron chi connectivity index (χ3n) is 3.37. The number of hydrogen-bond acceptors (Lipinski definition) is 4. The van der Waals surface area contributed by atoms with Crippen LogP contribution in [-0.4, -0.2) is 18.7 Å². The maximum Gasteiger partial charge on any atom is 0.108 e. The lowest BCUT2D eigenvalue weighted by Crippen LogP contribution is -2.24. The molecule has 3 nitrogen and oxygen atoms in total. The SMILES string of the molecule is COCC(NCc1nc2ccccc2s1)c1ccccc1. The molecule has 1 atom stereocenters. The van der Waals surface area contributed by atoms with E-state index in [0.29, 0.717) is 6.61 Å². The maximum atomic E-state index is 5.33. The molecule has 1 heterocycles. The number of ether oxygens (including phenoxy) is 1. The van der Waals surface area contributed by atoms with Gasteiger partial charge in [0.15, 0.2) is 0 Å². The van der Waals surface area contributed by atoms with Crippen molar-refractivity contribution in [3.05, 3.63) is 65.2 Å². The molecule has 0 aliphatic heterocycles. The summed E-state index contributed by atoms with van der Waals surface area (Å²) in [7, 11) is 1.73. The van der Waals surface area contributed by atoms with Crippen molar-refractivity contribution in [1.82, 2.24) is 10.3 Å². The molecule has 2 aromatic carbocycles. The largest absolute Gasteiger partial charge is 0.383 e. The molecule has 1 unspecified atom stereocenters. The average Bonchev–Trinajstić information content (AvgIpc) is 2.95. The average molecular weight is 298 g/mol. The molecule has 0 radical (unpaired) electrons. The van der Waals surface area contributed by atoms with Crippen LogP contribution >= 0.6 is 11.3 Å². The lowest BCUT2D eigenvalue weighted by atomic mass is 10.1. The molecule has 4 heteroatoms. The zero-order chi connectivity index (χ0) is 14.5. The Morgan fingerprint density at radius 1 is 1.10 bits per heavy atom. The number of para-hydroxylation sites is 1. The second kappa shape index (κ2) is 6.80. The Morgan fingerprint density at radius 2 is 1.86 bits per heavy atom. The number of methoxy groups -OCH3 is 1. The summed E-state index contributed by atoms with van der Waals surface area (Å²) >= 11 is 1.74. The maximum absolute atomic E-state index is 5.33. The molecule has 3 aromatic rings. The molecule has 0 bridgehead atoms. The molecule has 1 N–H and O–H groups in total. The highest BCUT2D eigenvalue weighted by molar-refractivity contribution is 7.18. The molecule has 0 spiro atoms. The normalized spacial score (nSPS) is 12.6. The summed E-state index contributed by atoms with van der Waals surface area (Å²) in [6.07, 6.45) is 0. The minimum atomic E-state index is 0.184. The second-order valence-corrected chi connectivity index (χ2v) is 5.99. The van der Waals surface area contributed by atoms with E-state index in [1.807, 2.05) is 12.1 Å². The van der Waals surface area contributed by atoms with E-state index in [1.165, 1.54) is 10.3 Å². The fourth-order valence-electron chi connectivity index (χ4n) is 2.33. The summed E-state index contributed by atoms with van der Waals surface area (Å²) in [6, 6.07) is 18.8. The molecular weight excluding hydrogens is 280 g/mol. The third-order valence-corrected chi connectivity index (χ3v) is 4.41. The van der Waals surface area contributed by atoms with E-state index in [4.69, 9.17) is 4.74 Å². The fraction of sp³-hybridized carbons (Fsp3) is 0.235. The predicted molar refractivity (Wildman–Crippen MR) is 87.5 cm³/mol. The summed E-state index contributed by atoms with van der Waals surface area (Å²) in [5.74, 6) is 0. The van der Waals surface area contributed by atoms with Gasteiger partial charge in [0, 0.05) is 13.7 Å². The molecule has 1 aromatic heterocycles. The van der Waals surface area contributed by atoms with Crippen molar-refractivity contribution in [2.75, 3.05) is 13.7 Å². The highest BCUT2D eigenvalue weighted by Gasteiger charge is 2.11. The van der Waals surface area contributed by atoms with Crippen LogP contribution in [0, 0.1) is 0 Å². The minimum absolute atomic E-state index is 0.184. The molecule has 0 aliphatic rings. The molecule has 0 saturated heterocycles. The van der Waals surface area contributed by atoms with E-state index >= 15 is 0 Å². The van der Waals surface area contributed by atoms with Crippen LogP contribution in [0.1, 0.15) is 16.6 Å². The van der Waals surface area contributed by atoms with Gasteiger partial charge in [0.1, 0.15) is 5.01 Å². The number of benzene rings is 2. The van der Waals surface area contributed by atoms with Crippen LogP contribution in [-0.2, 0) is 11.3 Å². The lowest BCUT2D eigenvalue weighted by molar-refractivity contribution is 0.166. The van der Waals surface area contributed by atoms with E-state index < -0.39 is 0 Å². The van der Waals surface area contributed by atoms with E-state index in [9.17, 15) is 0 Å². The van der Waals surface area contributed by atoms with Gasteiger partial charge >= 0.3 is 0 Å². The van der Waals surface area contributed by atoms with E-state index in [1.54, 1.807) is 18.4 Å². The predicted octanol–water partition coefficient (Wildman–Crippen LogP) is 3.77. The van der Waals surface area contributed by atoms with Crippen molar-refractivity contribution < 1.29 is 4.74 Å². The first kappa shape index (κ1) is 14.2. The number of nitrogens with one attached hydrogen (secondary N) is 1. The highest BCUT2D eigenvalue weighted by atomic mass is 32.1. The van der Waals surface area contributed by atoms with E-state index in [2.05, 4.69) is 52.8 Å². The Morgan fingerprint density at radius 3 is 2.62 bits per heavy atom.